The highest BCUT2D eigenvalue weighted by Gasteiger charge is 2.27. The SMILES string of the molecule is CC(C)(O)c1csc(S(N)(=O)=O)c1.COc1cc(-c2ccc3c(c2CC(=O)Cl)CCC3)ccn1.COc1cc(-c2ccc3c(c2CC(=O)NS(=O)(=O)c2cc(C(C)(C)O)cs2)CCC3)ccn1. The number of benzene rings is 2. The number of methoxy groups -OCH3 is 2. The quantitative estimate of drug-likeness (QED) is 0.0815. The third-order valence-corrected chi connectivity index (χ3v) is 16.7. The summed E-state index contributed by atoms with van der Waals surface area (Å²) in [6.45, 7) is 6.33. The van der Waals surface area contributed by atoms with E-state index in [0.29, 0.717) is 22.9 Å². The minimum Gasteiger partial charge on any atom is -0.481 e. The lowest BCUT2D eigenvalue weighted by Gasteiger charge is -2.16. The number of amides is 1. The van der Waals surface area contributed by atoms with Gasteiger partial charge in [0.25, 0.3) is 10.0 Å². The Morgan fingerprint density at radius 1 is 0.701 bits per heavy atom. The zero-order chi connectivity index (χ0) is 48.9. The third-order valence-electron chi connectivity index (χ3n) is 11.3. The number of rotatable bonds is 13. The molecule has 356 valence electrons. The second-order valence-electron chi connectivity index (χ2n) is 17.0. The molecule has 1 amide bonds. The van der Waals surface area contributed by atoms with Gasteiger partial charge in [-0.1, -0.05) is 24.3 Å². The summed E-state index contributed by atoms with van der Waals surface area (Å²) in [5.41, 5.74) is 9.43. The molecule has 67 heavy (non-hydrogen) atoms. The number of aromatic nitrogens is 2. The molecule has 0 saturated carbocycles. The van der Waals surface area contributed by atoms with E-state index in [1.807, 2.05) is 24.3 Å². The van der Waals surface area contributed by atoms with Gasteiger partial charge in [-0.05, 0) is 180 Å². The molecule has 6 aromatic rings. The zero-order valence-electron chi connectivity index (χ0n) is 37.9. The summed E-state index contributed by atoms with van der Waals surface area (Å²) in [6.07, 6.45) is 9.60. The van der Waals surface area contributed by atoms with Crippen LogP contribution in [0.4, 0.5) is 0 Å². The van der Waals surface area contributed by atoms with E-state index in [2.05, 4.69) is 32.9 Å². The first kappa shape index (κ1) is 51.3. The van der Waals surface area contributed by atoms with Gasteiger partial charge >= 0.3 is 0 Å². The maximum absolute atomic E-state index is 12.9. The average Bonchev–Trinajstić information content (AvgIpc) is 4.10. The molecule has 2 aliphatic carbocycles. The minimum atomic E-state index is -4.04. The summed E-state index contributed by atoms with van der Waals surface area (Å²) in [5.74, 6) is 0.429. The van der Waals surface area contributed by atoms with Crippen molar-refractivity contribution in [3.8, 4) is 34.0 Å². The third kappa shape index (κ3) is 12.9. The zero-order valence-corrected chi connectivity index (χ0v) is 41.9. The number of carbonyl (C=O) groups is 2. The van der Waals surface area contributed by atoms with Crippen molar-refractivity contribution in [2.24, 2.45) is 5.14 Å². The molecule has 5 N–H and O–H groups in total. The van der Waals surface area contributed by atoms with Crippen LogP contribution in [0, 0.1) is 0 Å². The number of nitrogens with two attached hydrogens (primary N) is 1. The van der Waals surface area contributed by atoms with Crippen molar-refractivity contribution >= 4 is 65.5 Å². The number of nitrogens with one attached hydrogen (secondary N) is 1. The van der Waals surface area contributed by atoms with Crippen LogP contribution < -0.4 is 19.3 Å². The van der Waals surface area contributed by atoms with Gasteiger partial charge in [-0.25, -0.2) is 36.7 Å². The lowest BCUT2D eigenvalue weighted by Crippen LogP contribution is -2.31. The maximum atomic E-state index is 12.9. The van der Waals surface area contributed by atoms with E-state index in [0.717, 1.165) is 100 Å². The molecule has 0 saturated heterocycles. The van der Waals surface area contributed by atoms with E-state index in [4.69, 9.17) is 26.2 Å². The number of hydrogen-bond acceptors (Lipinski definition) is 14. The van der Waals surface area contributed by atoms with Crippen LogP contribution in [0.25, 0.3) is 22.3 Å². The molecule has 0 aliphatic heterocycles. The van der Waals surface area contributed by atoms with Crippen LogP contribution in [0.15, 0.2) is 92.2 Å². The highest BCUT2D eigenvalue weighted by atomic mass is 35.5. The Bertz CT molecular complexity index is 3010. The molecule has 0 unspecified atom stereocenters. The number of aryl methyl sites for hydroxylation is 2. The van der Waals surface area contributed by atoms with Gasteiger partial charge in [0.05, 0.1) is 31.8 Å². The van der Waals surface area contributed by atoms with Crippen LogP contribution in [0.3, 0.4) is 0 Å². The summed E-state index contributed by atoms with van der Waals surface area (Å²) in [4.78, 5) is 32.7. The molecule has 0 atom stereocenters. The molecular weight excluding hydrogens is 956 g/mol. The number of aliphatic hydroxyl groups is 2. The molecule has 8 rings (SSSR count). The van der Waals surface area contributed by atoms with Gasteiger partial charge in [-0.3, -0.25) is 9.59 Å². The number of primary sulfonamides is 1. The Kier molecular flexibility index (Phi) is 16.2. The summed E-state index contributed by atoms with van der Waals surface area (Å²) >= 11 is 7.64. The number of fused-ring (bicyclic) bond motifs is 2. The van der Waals surface area contributed by atoms with Gasteiger partial charge in [-0.15, -0.1) is 22.7 Å². The van der Waals surface area contributed by atoms with E-state index in [9.17, 15) is 36.6 Å². The van der Waals surface area contributed by atoms with Crippen molar-refractivity contribution in [2.75, 3.05) is 14.2 Å². The topological polar surface area (TPSA) is 225 Å². The van der Waals surface area contributed by atoms with E-state index >= 15 is 0 Å². The van der Waals surface area contributed by atoms with Crippen molar-refractivity contribution in [2.45, 2.75) is 98.7 Å². The summed E-state index contributed by atoms with van der Waals surface area (Å²) in [5, 5.41) is 27.4. The first-order chi connectivity index (χ1) is 31.5. The molecule has 0 spiro atoms. The minimum absolute atomic E-state index is 0.00893. The van der Waals surface area contributed by atoms with Crippen molar-refractivity contribution in [1.82, 2.24) is 14.7 Å². The molecular formula is C48H53ClN4O10S4. The van der Waals surface area contributed by atoms with Crippen molar-refractivity contribution in [1.29, 1.82) is 0 Å². The smallest absolute Gasteiger partial charge is 0.273 e. The summed E-state index contributed by atoms with van der Waals surface area (Å²) in [7, 11) is -4.54. The van der Waals surface area contributed by atoms with Crippen LogP contribution in [-0.4, -0.2) is 62.4 Å². The highest BCUT2D eigenvalue weighted by molar-refractivity contribution is 7.92. The van der Waals surface area contributed by atoms with Crippen LogP contribution >= 0.6 is 34.3 Å². The number of pyridine rings is 2. The van der Waals surface area contributed by atoms with Crippen LogP contribution in [0.1, 0.15) is 85.0 Å². The summed E-state index contributed by atoms with van der Waals surface area (Å²) < 4.78 is 60.1. The first-order valence-electron chi connectivity index (χ1n) is 21.2. The second-order valence-corrected chi connectivity index (χ2v) is 23.0. The van der Waals surface area contributed by atoms with E-state index in [1.165, 1.54) is 28.8 Å². The number of nitrogens with zero attached hydrogens (tertiary/aromatic N) is 2. The highest BCUT2D eigenvalue weighted by Crippen LogP contribution is 2.37. The van der Waals surface area contributed by atoms with Gasteiger partial charge in [0, 0.05) is 30.9 Å². The van der Waals surface area contributed by atoms with Crippen LogP contribution in [0.2, 0.25) is 0 Å². The number of sulfonamides is 2. The number of carbonyl (C=O) groups excluding carboxylic acids is 2. The largest absolute Gasteiger partial charge is 0.481 e. The van der Waals surface area contributed by atoms with E-state index in [-0.39, 0.29) is 26.5 Å². The normalized spacial score (nSPS) is 13.3. The second kappa shape index (κ2) is 21.1. The number of halogens is 1. The van der Waals surface area contributed by atoms with Gasteiger partial charge < -0.3 is 19.7 Å². The van der Waals surface area contributed by atoms with E-state index in [1.54, 1.807) is 71.1 Å². The van der Waals surface area contributed by atoms with Crippen molar-refractivity contribution < 1.29 is 46.1 Å². The lowest BCUT2D eigenvalue weighted by molar-refractivity contribution is -0.118. The molecule has 2 aromatic carbocycles. The van der Waals surface area contributed by atoms with Crippen LogP contribution in [-0.2, 0) is 79.4 Å². The Morgan fingerprint density at radius 3 is 1.55 bits per heavy atom. The van der Waals surface area contributed by atoms with Gasteiger partial charge in [0.15, 0.2) is 0 Å². The van der Waals surface area contributed by atoms with Gasteiger partial charge in [0.2, 0.25) is 32.9 Å². The number of ether oxygens (including phenoxy) is 2. The van der Waals surface area contributed by atoms with Gasteiger partial charge in [0.1, 0.15) is 8.42 Å². The summed E-state index contributed by atoms with van der Waals surface area (Å²) in [6, 6.07) is 18.5. The van der Waals surface area contributed by atoms with Crippen LogP contribution in [0.5, 0.6) is 11.8 Å². The first-order valence-corrected chi connectivity index (χ1v) is 26.3. The number of hydrogen-bond donors (Lipinski definition) is 4. The average molecular weight is 1010 g/mol. The molecule has 0 radical (unpaired) electrons. The van der Waals surface area contributed by atoms with Gasteiger partial charge in [-0.2, -0.15) is 0 Å². The molecule has 0 bridgehead atoms. The molecule has 0 fully saturated rings. The van der Waals surface area contributed by atoms with Crippen molar-refractivity contribution in [3.05, 3.63) is 128 Å². The Hall–Kier alpha value is -5.05. The molecule has 19 heteroatoms. The fraction of sp³-hybridized carbons (Fsp3) is 0.333. The predicted molar refractivity (Wildman–Crippen MR) is 261 cm³/mol. The number of thiophene rings is 2. The molecule has 4 aromatic heterocycles. The fourth-order valence-electron chi connectivity index (χ4n) is 7.91. The standard InChI is InChI=1S/C24H26N2O5S2.C17H16ClNO2.C7H11NO3S2/c1-24(2,28)17-12-23(32-14-17)33(29,30)26-21(27)13-20-18-6-4-5-15(18)7-8-19(20)16-9-10-25-22(11-16)31-3;1-21-17-9-12(7-8-19-17)14-6-5-11-3-2-4-13(11)15(14)10-16(18)20;1-7(2,9)5-3-6(12-4-5)13(8,10)11/h7-12,14,28H,4-6,13H2,1-3H3,(H,26,27);5-9H,2-4,10H2,1H3;3-4,9H,1-2H3,(H2,8,10,11). The lowest BCUT2D eigenvalue weighted by atomic mass is 9.91. The molecule has 4 heterocycles. The fourth-order valence-corrected chi connectivity index (χ4v) is 12.1. The Morgan fingerprint density at radius 2 is 1.15 bits per heavy atom. The Balaban J connectivity index is 0.000000185. The molecule has 14 nitrogen and oxygen atoms in total. The van der Waals surface area contributed by atoms with Crippen molar-refractivity contribution in [3.63, 3.8) is 0 Å². The predicted octanol–water partition coefficient (Wildman–Crippen LogP) is 7.76. The maximum Gasteiger partial charge on any atom is 0.273 e. The molecule has 2 aliphatic rings. The monoisotopic (exact) mass is 1010 g/mol. The van der Waals surface area contributed by atoms with E-state index < -0.39 is 37.2 Å². The Labute approximate surface area is 404 Å².